The highest BCUT2D eigenvalue weighted by Crippen LogP contribution is 2.19. The number of hydrogen-bond acceptors (Lipinski definition) is 4. The highest BCUT2D eigenvalue weighted by molar-refractivity contribution is 7.89. The summed E-state index contributed by atoms with van der Waals surface area (Å²) in [7, 11) is -2.08. The molecule has 0 fully saturated rings. The average molecular weight is 273 g/mol. The summed E-state index contributed by atoms with van der Waals surface area (Å²) >= 11 is 0. The summed E-state index contributed by atoms with van der Waals surface area (Å²) < 4.78 is 25.5. The van der Waals surface area contributed by atoms with Crippen LogP contribution in [0.5, 0.6) is 0 Å². The number of aliphatic hydroxyl groups is 2. The molecule has 0 radical (unpaired) electrons. The van der Waals surface area contributed by atoms with E-state index in [1.807, 2.05) is 0 Å². The van der Waals surface area contributed by atoms with Crippen molar-refractivity contribution in [3.63, 3.8) is 0 Å². The molecule has 0 aliphatic rings. The predicted octanol–water partition coefficient (Wildman–Crippen LogP) is 0.743. The van der Waals surface area contributed by atoms with Gasteiger partial charge in [0.05, 0.1) is 11.0 Å². The average Bonchev–Trinajstić information content (AvgIpc) is 2.35. The molecule has 102 valence electrons. The normalized spacial score (nSPS) is 13.8. The van der Waals surface area contributed by atoms with Gasteiger partial charge in [-0.05, 0) is 31.0 Å². The molecule has 5 nitrogen and oxygen atoms in total. The quantitative estimate of drug-likeness (QED) is 0.801. The number of hydrogen-bond donors (Lipinski definition) is 2. The summed E-state index contributed by atoms with van der Waals surface area (Å²) in [6.45, 7) is 1.80. The van der Waals surface area contributed by atoms with Crippen molar-refractivity contribution < 1.29 is 18.6 Å². The van der Waals surface area contributed by atoms with E-state index in [9.17, 15) is 13.5 Å². The topological polar surface area (TPSA) is 77.8 Å². The number of sulfonamides is 1. The monoisotopic (exact) mass is 273 g/mol. The van der Waals surface area contributed by atoms with Gasteiger partial charge in [0.1, 0.15) is 0 Å². The molecule has 0 saturated carbocycles. The van der Waals surface area contributed by atoms with Crippen LogP contribution in [0.1, 0.15) is 25.0 Å². The van der Waals surface area contributed by atoms with Gasteiger partial charge >= 0.3 is 0 Å². The van der Waals surface area contributed by atoms with Crippen LogP contribution in [0, 0.1) is 0 Å². The van der Waals surface area contributed by atoms with Crippen LogP contribution in [-0.2, 0) is 10.0 Å². The van der Waals surface area contributed by atoms with Gasteiger partial charge in [0.2, 0.25) is 10.0 Å². The SMILES string of the molecule is CC(O)c1cccc(S(=O)(=O)N(C)CCCO)c1. The number of rotatable bonds is 6. The molecule has 0 spiro atoms. The Morgan fingerprint density at radius 2 is 2.06 bits per heavy atom. The van der Waals surface area contributed by atoms with E-state index >= 15 is 0 Å². The second kappa shape index (κ2) is 6.29. The van der Waals surface area contributed by atoms with Gasteiger partial charge in [0.25, 0.3) is 0 Å². The molecule has 18 heavy (non-hydrogen) atoms. The van der Waals surface area contributed by atoms with Gasteiger partial charge in [0.15, 0.2) is 0 Å². The smallest absolute Gasteiger partial charge is 0.242 e. The Morgan fingerprint density at radius 3 is 2.61 bits per heavy atom. The van der Waals surface area contributed by atoms with Crippen LogP contribution in [0.2, 0.25) is 0 Å². The molecule has 6 heteroatoms. The first-order valence-electron chi connectivity index (χ1n) is 5.75. The van der Waals surface area contributed by atoms with Crippen LogP contribution in [0.15, 0.2) is 29.2 Å². The zero-order valence-corrected chi connectivity index (χ0v) is 11.4. The van der Waals surface area contributed by atoms with Crippen molar-refractivity contribution in [2.45, 2.75) is 24.3 Å². The number of nitrogens with zero attached hydrogens (tertiary/aromatic N) is 1. The standard InChI is InChI=1S/C12H19NO4S/c1-10(15)11-5-3-6-12(9-11)18(16,17)13(2)7-4-8-14/h3,5-6,9-10,14-15H,4,7-8H2,1-2H3. The minimum absolute atomic E-state index is 0.0480. The number of benzene rings is 1. The lowest BCUT2D eigenvalue weighted by Gasteiger charge is -2.17. The van der Waals surface area contributed by atoms with Crippen LogP contribution >= 0.6 is 0 Å². The molecule has 0 aliphatic carbocycles. The van der Waals surface area contributed by atoms with E-state index in [4.69, 9.17) is 5.11 Å². The lowest BCUT2D eigenvalue weighted by Crippen LogP contribution is -2.28. The summed E-state index contributed by atoms with van der Waals surface area (Å²) in [6.07, 6.45) is -0.311. The van der Waals surface area contributed by atoms with Gasteiger partial charge in [-0.2, -0.15) is 0 Å². The van der Waals surface area contributed by atoms with Crippen LogP contribution in [0.25, 0.3) is 0 Å². The lowest BCUT2D eigenvalue weighted by atomic mass is 10.1. The minimum Gasteiger partial charge on any atom is -0.396 e. The van der Waals surface area contributed by atoms with Crippen molar-refractivity contribution in [2.75, 3.05) is 20.2 Å². The highest BCUT2D eigenvalue weighted by atomic mass is 32.2. The summed E-state index contributed by atoms with van der Waals surface area (Å²) in [4.78, 5) is 0.154. The maximum Gasteiger partial charge on any atom is 0.242 e. The molecule has 0 bridgehead atoms. The van der Waals surface area contributed by atoms with Crippen molar-refractivity contribution in [2.24, 2.45) is 0 Å². The maximum absolute atomic E-state index is 12.2. The van der Waals surface area contributed by atoms with Gasteiger partial charge in [0, 0.05) is 20.2 Å². The fourth-order valence-corrected chi connectivity index (χ4v) is 2.79. The van der Waals surface area contributed by atoms with E-state index in [1.54, 1.807) is 19.1 Å². The summed E-state index contributed by atoms with van der Waals surface area (Å²) in [5, 5.41) is 18.2. The summed E-state index contributed by atoms with van der Waals surface area (Å²) in [5.41, 5.74) is 0.562. The van der Waals surface area contributed by atoms with Crippen LogP contribution in [-0.4, -0.2) is 43.1 Å². The van der Waals surface area contributed by atoms with E-state index in [-0.39, 0.29) is 18.0 Å². The molecule has 2 N–H and O–H groups in total. The molecular weight excluding hydrogens is 254 g/mol. The van der Waals surface area contributed by atoms with E-state index < -0.39 is 16.1 Å². The van der Waals surface area contributed by atoms with Crippen LogP contribution in [0.4, 0.5) is 0 Å². The second-order valence-corrected chi connectivity index (χ2v) is 6.20. The fourth-order valence-electron chi connectivity index (χ4n) is 1.53. The van der Waals surface area contributed by atoms with E-state index in [2.05, 4.69) is 0 Å². The summed E-state index contributed by atoms with van der Waals surface area (Å²) in [5.74, 6) is 0. The third-order valence-electron chi connectivity index (χ3n) is 2.68. The molecule has 1 aromatic carbocycles. The molecule has 0 aromatic heterocycles. The van der Waals surface area contributed by atoms with Crippen molar-refractivity contribution in [1.29, 1.82) is 0 Å². The number of aliphatic hydroxyl groups excluding tert-OH is 2. The molecule has 0 saturated heterocycles. The Hall–Kier alpha value is -0.950. The van der Waals surface area contributed by atoms with Gasteiger partial charge < -0.3 is 10.2 Å². The Bertz CT molecular complexity index is 485. The Balaban J connectivity index is 3.01. The molecule has 1 unspecified atom stereocenters. The first-order chi connectivity index (χ1) is 8.39. The van der Waals surface area contributed by atoms with Crippen molar-refractivity contribution in [3.05, 3.63) is 29.8 Å². The molecule has 1 rings (SSSR count). The zero-order chi connectivity index (χ0) is 13.8. The van der Waals surface area contributed by atoms with E-state index in [0.717, 1.165) is 0 Å². The van der Waals surface area contributed by atoms with Crippen molar-refractivity contribution in [3.8, 4) is 0 Å². The molecule has 0 amide bonds. The van der Waals surface area contributed by atoms with Gasteiger partial charge in [-0.25, -0.2) is 12.7 Å². The van der Waals surface area contributed by atoms with Crippen LogP contribution < -0.4 is 0 Å². The first-order valence-corrected chi connectivity index (χ1v) is 7.19. The van der Waals surface area contributed by atoms with E-state index in [0.29, 0.717) is 12.0 Å². The first kappa shape index (κ1) is 15.1. The molecule has 1 aromatic rings. The zero-order valence-electron chi connectivity index (χ0n) is 10.6. The largest absolute Gasteiger partial charge is 0.396 e. The Morgan fingerprint density at radius 1 is 1.39 bits per heavy atom. The van der Waals surface area contributed by atoms with Gasteiger partial charge in [-0.3, -0.25) is 0 Å². The second-order valence-electron chi connectivity index (χ2n) is 4.15. The van der Waals surface area contributed by atoms with Crippen molar-refractivity contribution >= 4 is 10.0 Å². The molecule has 1 atom stereocenters. The molecular formula is C12H19NO4S. The van der Waals surface area contributed by atoms with Crippen molar-refractivity contribution in [1.82, 2.24) is 4.31 Å². The lowest BCUT2D eigenvalue weighted by molar-refractivity contribution is 0.199. The molecule has 0 aliphatic heterocycles. The fraction of sp³-hybridized carbons (Fsp3) is 0.500. The maximum atomic E-state index is 12.2. The minimum atomic E-state index is -3.56. The molecule has 0 heterocycles. The Labute approximate surface area is 108 Å². The van der Waals surface area contributed by atoms with E-state index in [1.165, 1.54) is 23.5 Å². The predicted molar refractivity (Wildman–Crippen MR) is 68.6 cm³/mol. The summed E-state index contributed by atoms with van der Waals surface area (Å²) in [6, 6.07) is 6.25. The third-order valence-corrected chi connectivity index (χ3v) is 4.53. The third kappa shape index (κ3) is 3.52. The Kier molecular flexibility index (Phi) is 5.28. The highest BCUT2D eigenvalue weighted by Gasteiger charge is 2.20. The van der Waals surface area contributed by atoms with Gasteiger partial charge in [-0.1, -0.05) is 12.1 Å². The van der Waals surface area contributed by atoms with Crippen LogP contribution in [0.3, 0.4) is 0 Å². The van der Waals surface area contributed by atoms with Gasteiger partial charge in [-0.15, -0.1) is 0 Å².